The molecule has 0 atom stereocenters. The van der Waals surface area contributed by atoms with Gasteiger partial charge in [-0.05, 0) is 29.3 Å². The molecule has 0 aliphatic carbocycles. The van der Waals surface area contributed by atoms with Gasteiger partial charge in [-0.25, -0.2) is 4.58 Å². The Morgan fingerprint density at radius 3 is 2.27 bits per heavy atom. The highest BCUT2D eigenvalue weighted by Gasteiger charge is 2.28. The van der Waals surface area contributed by atoms with Crippen LogP contribution in [0.1, 0.15) is 16.7 Å². The highest BCUT2D eigenvalue weighted by molar-refractivity contribution is 6.14. The Kier molecular flexibility index (Phi) is 3.36. The summed E-state index contributed by atoms with van der Waals surface area (Å²) in [6.07, 6.45) is 4.31. The first-order valence-electron chi connectivity index (χ1n) is 8.77. The maximum atomic E-state index is 6.32. The monoisotopic (exact) mass is 336 g/mol. The molecule has 26 heavy (non-hydrogen) atoms. The van der Waals surface area contributed by atoms with Crippen molar-refractivity contribution in [2.45, 2.75) is 0 Å². The molecule has 2 nitrogen and oxygen atoms in total. The third kappa shape index (κ3) is 2.31. The van der Waals surface area contributed by atoms with E-state index in [-0.39, 0.29) is 0 Å². The Labute approximate surface area is 153 Å². The zero-order chi connectivity index (χ0) is 17.5. The highest BCUT2D eigenvalue weighted by Crippen LogP contribution is 2.40. The van der Waals surface area contributed by atoms with Gasteiger partial charge in [-0.1, -0.05) is 60.7 Å². The third-order valence-corrected chi connectivity index (χ3v) is 4.92. The van der Waals surface area contributed by atoms with Gasteiger partial charge in [0.05, 0.1) is 11.1 Å². The molecule has 3 aromatic carbocycles. The van der Waals surface area contributed by atoms with Crippen LogP contribution in [0, 0.1) is 0 Å². The third-order valence-electron chi connectivity index (χ3n) is 4.92. The number of hydrogen-bond acceptors (Lipinski definition) is 1. The summed E-state index contributed by atoms with van der Waals surface area (Å²) in [5.74, 6) is 1.79. The van der Waals surface area contributed by atoms with Gasteiger partial charge in [-0.15, -0.1) is 0 Å². The van der Waals surface area contributed by atoms with Gasteiger partial charge in [0, 0.05) is 11.6 Å². The van der Waals surface area contributed by atoms with E-state index in [2.05, 4.69) is 84.6 Å². The van der Waals surface area contributed by atoms with Crippen LogP contribution >= 0.6 is 0 Å². The fraction of sp³-hybridized carbons (Fsp3) is 0.0417. The van der Waals surface area contributed by atoms with Crippen LogP contribution in [-0.2, 0) is 0 Å². The lowest BCUT2D eigenvalue weighted by Gasteiger charge is -2.21. The maximum absolute atomic E-state index is 6.32. The predicted molar refractivity (Wildman–Crippen MR) is 106 cm³/mol. The van der Waals surface area contributed by atoms with Crippen molar-refractivity contribution in [3.63, 3.8) is 0 Å². The van der Waals surface area contributed by atoms with Gasteiger partial charge in [-0.2, -0.15) is 0 Å². The van der Waals surface area contributed by atoms with Crippen molar-refractivity contribution < 1.29 is 9.31 Å². The van der Waals surface area contributed by atoms with Gasteiger partial charge < -0.3 is 4.74 Å². The van der Waals surface area contributed by atoms with Crippen LogP contribution < -0.4 is 4.74 Å². The molecule has 3 aromatic rings. The molecule has 124 valence electrons. The van der Waals surface area contributed by atoms with E-state index < -0.39 is 0 Å². The van der Waals surface area contributed by atoms with Crippen LogP contribution in [0.4, 0.5) is 5.69 Å². The molecule has 5 rings (SSSR count). The van der Waals surface area contributed by atoms with Gasteiger partial charge in [-0.3, -0.25) is 0 Å². The zero-order valence-corrected chi connectivity index (χ0v) is 14.5. The maximum Gasteiger partial charge on any atom is 0.213 e. The first kappa shape index (κ1) is 14.9. The molecule has 2 heterocycles. The van der Waals surface area contributed by atoms with E-state index in [4.69, 9.17) is 4.74 Å². The summed E-state index contributed by atoms with van der Waals surface area (Å²) in [6.45, 7) is 0. The molecule has 2 heteroatoms. The average molecular weight is 336 g/mol. The molecule has 0 fully saturated rings. The van der Waals surface area contributed by atoms with Crippen molar-refractivity contribution in [1.82, 2.24) is 0 Å². The Morgan fingerprint density at radius 1 is 0.731 bits per heavy atom. The summed E-state index contributed by atoms with van der Waals surface area (Å²) in [4.78, 5) is 0. The van der Waals surface area contributed by atoms with Crippen LogP contribution in [0.5, 0.6) is 5.75 Å². The lowest BCUT2D eigenvalue weighted by atomic mass is 9.93. The van der Waals surface area contributed by atoms with Crippen LogP contribution in [0.15, 0.2) is 90.7 Å². The van der Waals surface area contributed by atoms with E-state index in [1.807, 2.05) is 18.2 Å². The molecule has 0 unspecified atom stereocenters. The Balaban J connectivity index is 1.76. The van der Waals surface area contributed by atoms with Crippen LogP contribution in [0.25, 0.3) is 11.1 Å². The summed E-state index contributed by atoms with van der Waals surface area (Å²) in [7, 11) is 2.07. The molecular formula is C24H18NO+. The first-order chi connectivity index (χ1) is 12.8. The van der Waals surface area contributed by atoms with Crippen LogP contribution in [0.3, 0.4) is 0 Å². The molecule has 0 radical (unpaired) electrons. The Bertz CT molecular complexity index is 1100. The van der Waals surface area contributed by atoms with Crippen molar-refractivity contribution in [3.8, 4) is 5.75 Å². The molecule has 0 aromatic heterocycles. The van der Waals surface area contributed by atoms with Crippen LogP contribution in [0.2, 0.25) is 0 Å². The largest absolute Gasteiger partial charge is 0.456 e. The van der Waals surface area contributed by atoms with E-state index in [1.165, 1.54) is 22.4 Å². The standard InChI is InChI=1S/C24H18NO/c1-25-16-21(18-11-5-7-13-22(18)25)24-15-20(17-9-3-2-4-10-17)19-12-6-8-14-23(19)26-24/h2-16H,1H3/q+1/b24-21-. The number of hydrogen-bond donors (Lipinski definition) is 0. The molecule has 2 aliphatic rings. The van der Waals surface area contributed by atoms with E-state index in [0.717, 1.165) is 22.6 Å². The van der Waals surface area contributed by atoms with E-state index >= 15 is 0 Å². The lowest BCUT2D eigenvalue weighted by Crippen LogP contribution is -2.07. The summed E-state index contributed by atoms with van der Waals surface area (Å²) < 4.78 is 8.47. The van der Waals surface area contributed by atoms with Crippen molar-refractivity contribution in [1.29, 1.82) is 0 Å². The van der Waals surface area contributed by atoms with Gasteiger partial charge in [0.2, 0.25) is 5.69 Å². The van der Waals surface area contributed by atoms with Crippen molar-refractivity contribution in [3.05, 3.63) is 107 Å². The van der Waals surface area contributed by atoms with Gasteiger partial charge >= 0.3 is 0 Å². The van der Waals surface area contributed by atoms with Crippen molar-refractivity contribution in [2.75, 3.05) is 7.05 Å². The smallest absolute Gasteiger partial charge is 0.213 e. The van der Waals surface area contributed by atoms with Crippen molar-refractivity contribution >= 4 is 23.0 Å². The minimum absolute atomic E-state index is 0.888. The van der Waals surface area contributed by atoms with Crippen molar-refractivity contribution in [2.24, 2.45) is 0 Å². The number of allylic oxidation sites excluding steroid dienone is 2. The summed E-state index contributed by atoms with van der Waals surface area (Å²) in [5.41, 5.74) is 7.03. The predicted octanol–water partition coefficient (Wildman–Crippen LogP) is 5.28. The molecule has 0 bridgehead atoms. The molecule has 0 amide bonds. The second-order valence-electron chi connectivity index (χ2n) is 6.56. The fourth-order valence-corrected chi connectivity index (χ4v) is 3.66. The molecule has 0 N–H and O–H groups in total. The van der Waals surface area contributed by atoms with Gasteiger partial charge in [0.25, 0.3) is 0 Å². The van der Waals surface area contributed by atoms with E-state index in [1.54, 1.807) is 0 Å². The fourth-order valence-electron chi connectivity index (χ4n) is 3.66. The highest BCUT2D eigenvalue weighted by atomic mass is 16.5. The topological polar surface area (TPSA) is 12.2 Å². The Hall–Kier alpha value is -3.39. The van der Waals surface area contributed by atoms with Gasteiger partial charge in [0.1, 0.15) is 18.6 Å². The first-order valence-corrected chi connectivity index (χ1v) is 8.77. The minimum atomic E-state index is 0.888. The number of para-hydroxylation sites is 2. The van der Waals surface area contributed by atoms with Crippen LogP contribution in [-0.4, -0.2) is 17.8 Å². The second-order valence-corrected chi connectivity index (χ2v) is 6.56. The lowest BCUT2D eigenvalue weighted by molar-refractivity contribution is -0.395. The molecule has 2 aliphatic heterocycles. The SMILES string of the molecule is C[N+]1=C/C(=C2\C=C(c3ccccc3)c3ccccc3O2)c2ccccc21. The summed E-state index contributed by atoms with van der Waals surface area (Å²) in [5, 5.41) is 0. The number of ether oxygens (including phenoxy) is 1. The molecule has 0 saturated heterocycles. The number of fused-ring (bicyclic) bond motifs is 2. The van der Waals surface area contributed by atoms with E-state index in [0.29, 0.717) is 0 Å². The molecular weight excluding hydrogens is 318 g/mol. The quantitative estimate of drug-likeness (QED) is 0.551. The zero-order valence-electron chi connectivity index (χ0n) is 14.5. The number of rotatable bonds is 1. The molecule has 0 saturated carbocycles. The number of benzene rings is 3. The Morgan fingerprint density at radius 2 is 1.42 bits per heavy atom. The molecule has 0 spiro atoms. The normalized spacial score (nSPS) is 17.7. The number of nitrogens with zero attached hydrogens (tertiary/aromatic N) is 1. The van der Waals surface area contributed by atoms with E-state index in [9.17, 15) is 0 Å². The summed E-state index contributed by atoms with van der Waals surface area (Å²) >= 11 is 0. The second kappa shape index (κ2) is 5.85. The van der Waals surface area contributed by atoms with Gasteiger partial charge in [0.15, 0.2) is 6.21 Å². The summed E-state index contributed by atoms with van der Waals surface area (Å²) in [6, 6.07) is 27.2. The average Bonchev–Trinajstić information content (AvgIpc) is 3.05. The minimum Gasteiger partial charge on any atom is -0.456 e.